The number of hydrogen-bond donors (Lipinski definition) is 12. The number of aliphatic hydroxyl groups is 3. The van der Waals surface area contributed by atoms with Gasteiger partial charge in [-0.2, -0.15) is 0 Å². The zero-order valence-electron chi connectivity index (χ0n) is 44.1. The van der Waals surface area contributed by atoms with Crippen LogP contribution in [0.3, 0.4) is 0 Å². The van der Waals surface area contributed by atoms with Crippen LogP contribution in [0.1, 0.15) is 118 Å². The molecule has 0 amide bonds. The van der Waals surface area contributed by atoms with E-state index in [4.69, 9.17) is 48.6 Å². The summed E-state index contributed by atoms with van der Waals surface area (Å²) in [6.07, 6.45) is -1.48. The van der Waals surface area contributed by atoms with Crippen molar-refractivity contribution >= 4 is 74.4 Å². The average Bonchev–Trinajstić information content (AvgIpc) is 3.22. The number of aryl methyl sites for hydroxylation is 3. The van der Waals surface area contributed by atoms with Crippen LogP contribution < -0.4 is 50.4 Å². The summed E-state index contributed by atoms with van der Waals surface area (Å²) in [6, 6.07) is 15.8. The quantitative estimate of drug-likeness (QED) is 0.0361. The van der Waals surface area contributed by atoms with Crippen LogP contribution in [0.2, 0.25) is 0 Å². The molecule has 0 aromatic heterocycles. The lowest BCUT2D eigenvalue weighted by Gasteiger charge is -2.26. The first-order chi connectivity index (χ1) is 32.9. The molecule has 0 saturated carbocycles. The van der Waals surface area contributed by atoms with E-state index in [9.17, 15) is 29.7 Å². The van der Waals surface area contributed by atoms with E-state index in [1.807, 2.05) is 75.4 Å². The third-order valence-electron chi connectivity index (χ3n) is 9.86. The maximum Gasteiger partial charge on any atom is 0.309 e. The molecule has 6 atom stereocenters. The van der Waals surface area contributed by atoms with Crippen molar-refractivity contribution in [3.63, 3.8) is 0 Å². The van der Waals surface area contributed by atoms with Crippen molar-refractivity contribution in [2.75, 3.05) is 52.8 Å². The highest BCUT2D eigenvalue weighted by molar-refractivity contribution is 8.07. The molecule has 2 unspecified atom stereocenters. The number of nitrogens with one attached hydrogen (secondary N) is 3. The number of nitrogen functional groups attached to an aromatic ring is 3. The lowest BCUT2D eigenvalue weighted by Crippen LogP contribution is -2.38. The van der Waals surface area contributed by atoms with Gasteiger partial charge in [-0.05, 0) is 175 Å². The predicted molar refractivity (Wildman–Crippen MR) is 294 cm³/mol. The summed E-state index contributed by atoms with van der Waals surface area (Å²) in [5.41, 5.74) is 40.2. The van der Waals surface area contributed by atoms with Gasteiger partial charge in [0.15, 0.2) is 0 Å². The number of aliphatic hydroxyl groups excluding tert-OH is 3. The van der Waals surface area contributed by atoms with E-state index in [0.717, 1.165) is 33.8 Å². The monoisotopic (exact) mass is 1030 g/mol. The molecule has 18 nitrogen and oxygen atoms in total. The van der Waals surface area contributed by atoms with Gasteiger partial charge in [0.1, 0.15) is 16.8 Å². The minimum atomic E-state index is -0.908. The highest BCUT2D eigenvalue weighted by Crippen LogP contribution is 2.26. The lowest BCUT2D eigenvalue weighted by molar-refractivity contribution is -0.158. The van der Waals surface area contributed by atoms with Crippen LogP contribution in [0.15, 0.2) is 54.6 Å². The van der Waals surface area contributed by atoms with Gasteiger partial charge in [-0.1, -0.05) is 18.2 Å². The Labute approximate surface area is 432 Å². The third kappa shape index (κ3) is 29.2. The number of benzene rings is 3. The fraction of sp³-hybridized carbons (Fsp3) is 0.588. The number of rotatable bonds is 21. The molecule has 0 aliphatic rings. The van der Waals surface area contributed by atoms with E-state index < -0.39 is 53.0 Å². The predicted octanol–water partition coefficient (Wildman–Crippen LogP) is 5.39. The van der Waals surface area contributed by atoms with Gasteiger partial charge in [-0.15, -0.1) is 0 Å². The second-order valence-electron chi connectivity index (χ2n) is 20.3. The number of ether oxygens (including phenoxy) is 3. The number of nitrogens with two attached hydrogens (primary N) is 6. The van der Waals surface area contributed by atoms with Crippen LogP contribution in [0.4, 0.5) is 34.1 Å². The molecular formula is C51H87N9O9S2. The van der Waals surface area contributed by atoms with E-state index in [0.29, 0.717) is 56.0 Å². The first kappa shape index (κ1) is 66.1. The summed E-state index contributed by atoms with van der Waals surface area (Å²) in [4.78, 5) is 35.6. The normalized spacial score (nSPS) is 13.8. The Morgan fingerprint density at radius 1 is 0.479 bits per heavy atom. The summed E-state index contributed by atoms with van der Waals surface area (Å²) >= 11 is 7.33. The Balaban J connectivity index is 0.00000102. The minimum Gasteiger partial charge on any atom is -0.460 e. The largest absolute Gasteiger partial charge is 0.460 e. The van der Waals surface area contributed by atoms with Gasteiger partial charge in [0.2, 0.25) is 0 Å². The summed E-state index contributed by atoms with van der Waals surface area (Å²) in [7, 11) is 0. The van der Waals surface area contributed by atoms with E-state index in [1.165, 1.54) is 0 Å². The van der Waals surface area contributed by atoms with Gasteiger partial charge in [0.05, 0.1) is 89.8 Å². The first-order valence-electron chi connectivity index (χ1n) is 23.7. The molecule has 0 heterocycles. The molecule has 0 bridgehead atoms. The van der Waals surface area contributed by atoms with Gasteiger partial charge in [-0.3, -0.25) is 14.4 Å². The number of esters is 3. The molecule has 0 aliphatic carbocycles. The first-order valence-corrected chi connectivity index (χ1v) is 25.0. The maximum atomic E-state index is 11.9. The van der Waals surface area contributed by atoms with Crippen LogP contribution in [-0.2, 0) is 51.0 Å². The molecule has 71 heavy (non-hydrogen) atoms. The van der Waals surface area contributed by atoms with Crippen molar-refractivity contribution in [2.45, 2.75) is 175 Å². The molecular weight excluding hydrogens is 947 g/mol. The summed E-state index contributed by atoms with van der Waals surface area (Å²) in [5.74, 6) is -1.32. The van der Waals surface area contributed by atoms with Crippen molar-refractivity contribution in [3.05, 3.63) is 71.3 Å². The lowest BCUT2D eigenvalue weighted by atomic mass is 10.0. The zero-order valence-corrected chi connectivity index (χ0v) is 45.7. The van der Waals surface area contributed by atoms with Crippen molar-refractivity contribution < 1.29 is 43.9 Å². The Hall–Kier alpha value is -4.93. The van der Waals surface area contributed by atoms with Gasteiger partial charge in [0.25, 0.3) is 0 Å². The van der Waals surface area contributed by atoms with Crippen molar-refractivity contribution in [3.8, 4) is 0 Å². The van der Waals surface area contributed by atoms with E-state index in [-0.39, 0.29) is 37.4 Å². The number of carbonyl (C=O) groups excluding carboxylic acids is 3. The Morgan fingerprint density at radius 3 is 0.859 bits per heavy atom. The van der Waals surface area contributed by atoms with Gasteiger partial charge < -0.3 is 79.9 Å². The number of carbonyl (C=O) groups is 3. The maximum absolute atomic E-state index is 11.9. The minimum absolute atomic E-state index is 0.0965. The fourth-order valence-electron chi connectivity index (χ4n) is 6.75. The SMILES string of the molecule is Cc1ccc(NC(CCN)[C@H](O)CC(=O)OC(C)(C)C)c(N)c1.Cc1ccc(NC(CCN)[C@H](O)CC(=O)OC(C)(C)C)c(N)c1.Cc1ccc(N[C@@H](CCN)[C@@H](O)CC(=O)OC(C)(C)C)c(N)c1.S=S. The van der Waals surface area contributed by atoms with Crippen molar-refractivity contribution in [2.24, 2.45) is 17.2 Å². The fourth-order valence-corrected chi connectivity index (χ4v) is 6.75. The smallest absolute Gasteiger partial charge is 0.309 e. The third-order valence-corrected chi connectivity index (χ3v) is 9.86. The molecule has 0 fully saturated rings. The molecule has 0 radical (unpaired) electrons. The molecule has 0 aliphatic heterocycles. The standard InChI is InChI=1S/3C17H29N3O3.S2/c3*1-11-5-6-13(12(19)9-11)20-14(7-8-18)15(21)10-16(22)23-17(2,3)4;1-2/h3*5-6,9,14-15,20-21H,7-8,10,18-19H2,1-4H3;/t2*14?,15-;14-,15-;/m110./s1. The molecule has 3 aromatic carbocycles. The van der Waals surface area contributed by atoms with Crippen LogP contribution in [0.25, 0.3) is 0 Å². The summed E-state index contributed by atoms with van der Waals surface area (Å²) in [5, 5.41) is 40.6. The van der Waals surface area contributed by atoms with Gasteiger partial charge in [-0.25, -0.2) is 0 Å². The second-order valence-corrected chi connectivity index (χ2v) is 20.3. The van der Waals surface area contributed by atoms with E-state index in [2.05, 4.69) is 38.3 Å². The molecule has 0 saturated heterocycles. The number of hydrogen-bond acceptors (Lipinski definition) is 20. The molecule has 3 rings (SSSR count). The molecule has 18 N–H and O–H groups in total. The Kier molecular flexibility index (Phi) is 30.0. The average molecular weight is 1030 g/mol. The van der Waals surface area contributed by atoms with E-state index in [1.54, 1.807) is 62.3 Å². The Bertz CT molecular complexity index is 1840. The molecule has 3 aromatic rings. The van der Waals surface area contributed by atoms with Gasteiger partial charge in [0, 0.05) is 22.4 Å². The van der Waals surface area contributed by atoms with Crippen LogP contribution >= 0.6 is 0 Å². The zero-order chi connectivity index (χ0) is 54.9. The van der Waals surface area contributed by atoms with Crippen LogP contribution in [0.5, 0.6) is 0 Å². The van der Waals surface area contributed by atoms with Crippen molar-refractivity contribution in [1.29, 1.82) is 0 Å². The number of anilines is 6. The highest BCUT2D eigenvalue weighted by atomic mass is 32.8. The van der Waals surface area contributed by atoms with Crippen LogP contribution in [0, 0.1) is 20.8 Å². The topological polar surface area (TPSA) is 332 Å². The Morgan fingerprint density at radius 2 is 0.690 bits per heavy atom. The highest BCUT2D eigenvalue weighted by Gasteiger charge is 2.28. The molecule has 20 heteroatoms. The molecule has 402 valence electrons. The van der Waals surface area contributed by atoms with E-state index >= 15 is 0 Å². The van der Waals surface area contributed by atoms with Crippen LogP contribution in [-0.4, -0.2) is 106 Å². The summed E-state index contributed by atoms with van der Waals surface area (Å²) in [6.45, 7) is 23.1. The second kappa shape index (κ2) is 32.2. The van der Waals surface area contributed by atoms with Gasteiger partial charge >= 0.3 is 17.9 Å². The van der Waals surface area contributed by atoms with Crippen molar-refractivity contribution in [1.82, 2.24) is 0 Å². The molecule has 0 spiro atoms. The summed E-state index contributed by atoms with van der Waals surface area (Å²) < 4.78 is 15.7.